The number of carbonyl (C=O) groups excluding carboxylic acids is 1. The van der Waals surface area contributed by atoms with Gasteiger partial charge < -0.3 is 24.9 Å². The molecule has 0 unspecified atom stereocenters. The van der Waals surface area contributed by atoms with Gasteiger partial charge in [-0.3, -0.25) is 4.79 Å². The summed E-state index contributed by atoms with van der Waals surface area (Å²) in [6.45, 7) is 0.688. The van der Waals surface area contributed by atoms with Crippen molar-refractivity contribution in [3.63, 3.8) is 0 Å². The standard InChI is InChI=1S/C27H26N6O2/c1-33(2)10-4-5-25(34)32-19-11-17(12-20(14-19)35-3)18-13-23-24(16-31-27(23)30-15-18)21-6-8-28-26-22(21)7-9-29-26/h4-9,11-16H,10H2,1-3H3,(H,28,29)(H,30,31)(H,32,34). The maximum Gasteiger partial charge on any atom is 0.248 e. The molecule has 0 saturated heterocycles. The number of ether oxygens (including phenoxy) is 1. The third-order valence-corrected chi connectivity index (χ3v) is 5.76. The van der Waals surface area contributed by atoms with Crippen LogP contribution in [0.1, 0.15) is 0 Å². The van der Waals surface area contributed by atoms with Crippen molar-refractivity contribution in [3.8, 4) is 28.0 Å². The molecule has 1 amide bonds. The van der Waals surface area contributed by atoms with Gasteiger partial charge in [0.2, 0.25) is 5.91 Å². The van der Waals surface area contributed by atoms with Gasteiger partial charge in [-0.25, -0.2) is 9.97 Å². The third-order valence-electron chi connectivity index (χ3n) is 5.76. The fourth-order valence-corrected chi connectivity index (χ4v) is 4.09. The van der Waals surface area contributed by atoms with Gasteiger partial charge in [-0.1, -0.05) is 6.08 Å². The normalized spacial score (nSPS) is 11.7. The van der Waals surface area contributed by atoms with Crippen LogP contribution in [0.2, 0.25) is 0 Å². The summed E-state index contributed by atoms with van der Waals surface area (Å²) in [5, 5.41) is 4.97. The lowest BCUT2D eigenvalue weighted by molar-refractivity contribution is -0.111. The van der Waals surface area contributed by atoms with Crippen LogP contribution in [-0.4, -0.2) is 58.5 Å². The summed E-state index contributed by atoms with van der Waals surface area (Å²) in [5.74, 6) is 0.452. The van der Waals surface area contributed by atoms with E-state index in [9.17, 15) is 4.79 Å². The average molecular weight is 467 g/mol. The van der Waals surface area contributed by atoms with Gasteiger partial charge in [-0.05, 0) is 55.6 Å². The molecule has 5 aromatic rings. The second-order valence-electron chi connectivity index (χ2n) is 8.53. The Hall–Kier alpha value is -4.43. The van der Waals surface area contributed by atoms with E-state index in [-0.39, 0.29) is 5.91 Å². The molecule has 8 nitrogen and oxygen atoms in total. The Morgan fingerprint density at radius 1 is 1.03 bits per heavy atom. The largest absolute Gasteiger partial charge is 0.497 e. The Bertz CT molecular complexity index is 1550. The number of aromatic amines is 2. The van der Waals surface area contributed by atoms with E-state index in [2.05, 4.69) is 31.3 Å². The molecule has 35 heavy (non-hydrogen) atoms. The Kier molecular flexibility index (Phi) is 6.03. The maximum atomic E-state index is 12.4. The highest BCUT2D eigenvalue weighted by Gasteiger charge is 2.13. The van der Waals surface area contributed by atoms with E-state index in [0.29, 0.717) is 18.0 Å². The van der Waals surface area contributed by atoms with E-state index in [1.807, 2.05) is 67.9 Å². The lowest BCUT2D eigenvalue weighted by Gasteiger charge is -2.10. The molecule has 1 aromatic carbocycles. The van der Waals surface area contributed by atoms with E-state index >= 15 is 0 Å². The number of pyridine rings is 2. The van der Waals surface area contributed by atoms with Crippen molar-refractivity contribution in [2.45, 2.75) is 0 Å². The summed E-state index contributed by atoms with van der Waals surface area (Å²) in [6.07, 6.45) is 10.8. The number of amides is 1. The van der Waals surface area contributed by atoms with Crippen molar-refractivity contribution >= 4 is 33.7 Å². The molecule has 8 heteroatoms. The van der Waals surface area contributed by atoms with Gasteiger partial charge >= 0.3 is 0 Å². The average Bonchev–Trinajstić information content (AvgIpc) is 3.50. The smallest absolute Gasteiger partial charge is 0.248 e. The van der Waals surface area contributed by atoms with Crippen LogP contribution in [0.3, 0.4) is 0 Å². The molecule has 0 bridgehead atoms. The van der Waals surface area contributed by atoms with Crippen LogP contribution in [0.4, 0.5) is 5.69 Å². The lowest BCUT2D eigenvalue weighted by atomic mass is 10.0. The molecule has 0 saturated carbocycles. The number of anilines is 1. The van der Waals surface area contributed by atoms with E-state index in [1.54, 1.807) is 19.4 Å². The highest BCUT2D eigenvalue weighted by Crippen LogP contribution is 2.35. The number of aromatic nitrogens is 4. The molecule has 5 rings (SSSR count). The highest BCUT2D eigenvalue weighted by atomic mass is 16.5. The predicted molar refractivity (Wildman–Crippen MR) is 139 cm³/mol. The molecule has 3 N–H and O–H groups in total. The van der Waals surface area contributed by atoms with Crippen molar-refractivity contribution in [2.75, 3.05) is 33.1 Å². The first-order valence-electron chi connectivity index (χ1n) is 11.2. The number of nitrogens with one attached hydrogen (secondary N) is 3. The molecule has 4 aromatic heterocycles. The molecule has 0 aliphatic carbocycles. The zero-order chi connectivity index (χ0) is 24.4. The first-order valence-corrected chi connectivity index (χ1v) is 11.2. The van der Waals surface area contributed by atoms with Gasteiger partial charge in [0.05, 0.1) is 7.11 Å². The van der Waals surface area contributed by atoms with Crippen molar-refractivity contribution in [3.05, 3.63) is 73.3 Å². The van der Waals surface area contributed by atoms with Crippen molar-refractivity contribution in [2.24, 2.45) is 0 Å². The number of fused-ring (bicyclic) bond motifs is 2. The second-order valence-corrected chi connectivity index (χ2v) is 8.53. The van der Waals surface area contributed by atoms with Gasteiger partial charge in [0.15, 0.2) is 0 Å². The third kappa shape index (κ3) is 4.64. The number of rotatable bonds is 7. The number of benzene rings is 1. The molecule has 0 fully saturated rings. The van der Waals surface area contributed by atoms with Gasteiger partial charge in [0.25, 0.3) is 0 Å². The topological polar surface area (TPSA) is 98.9 Å². The van der Waals surface area contributed by atoms with Crippen LogP contribution in [0.15, 0.2) is 73.3 Å². The highest BCUT2D eigenvalue weighted by molar-refractivity contribution is 6.04. The van der Waals surface area contributed by atoms with Gasteiger partial charge in [0.1, 0.15) is 17.0 Å². The van der Waals surface area contributed by atoms with Crippen LogP contribution in [0.5, 0.6) is 5.75 Å². The van der Waals surface area contributed by atoms with Crippen molar-refractivity contribution < 1.29 is 9.53 Å². The quantitative estimate of drug-likeness (QED) is 0.298. The number of hydrogen-bond acceptors (Lipinski definition) is 5. The number of hydrogen-bond donors (Lipinski definition) is 3. The summed E-state index contributed by atoms with van der Waals surface area (Å²) in [5.41, 5.74) is 6.21. The van der Waals surface area contributed by atoms with Crippen LogP contribution < -0.4 is 10.1 Å². The molecule has 0 aliphatic heterocycles. The van der Waals surface area contributed by atoms with E-state index in [1.165, 1.54) is 6.08 Å². The Morgan fingerprint density at radius 3 is 2.71 bits per heavy atom. The van der Waals surface area contributed by atoms with E-state index in [0.717, 1.165) is 44.3 Å². The van der Waals surface area contributed by atoms with Crippen LogP contribution >= 0.6 is 0 Å². The summed E-state index contributed by atoms with van der Waals surface area (Å²) < 4.78 is 5.50. The van der Waals surface area contributed by atoms with Crippen molar-refractivity contribution in [1.29, 1.82) is 0 Å². The molecule has 176 valence electrons. The number of H-pyrrole nitrogens is 2. The Labute approximate surface area is 202 Å². The zero-order valence-electron chi connectivity index (χ0n) is 19.8. The van der Waals surface area contributed by atoms with Gasteiger partial charge in [0, 0.05) is 71.1 Å². The van der Waals surface area contributed by atoms with Gasteiger partial charge in [-0.2, -0.15) is 0 Å². The molecule has 0 radical (unpaired) electrons. The molecular weight excluding hydrogens is 440 g/mol. The minimum atomic E-state index is -0.194. The molecule has 0 aliphatic rings. The maximum absolute atomic E-state index is 12.4. The Morgan fingerprint density at radius 2 is 1.89 bits per heavy atom. The summed E-state index contributed by atoms with van der Waals surface area (Å²) in [6, 6.07) is 11.8. The zero-order valence-corrected chi connectivity index (χ0v) is 19.8. The minimum Gasteiger partial charge on any atom is -0.497 e. The molecular formula is C27H26N6O2. The fraction of sp³-hybridized carbons (Fsp3) is 0.148. The number of methoxy groups -OCH3 is 1. The first kappa shape index (κ1) is 22.4. The summed E-state index contributed by atoms with van der Waals surface area (Å²) in [7, 11) is 5.51. The van der Waals surface area contributed by atoms with Gasteiger partial charge in [-0.15, -0.1) is 0 Å². The molecule has 0 atom stereocenters. The second kappa shape index (κ2) is 9.44. The summed E-state index contributed by atoms with van der Waals surface area (Å²) >= 11 is 0. The molecule has 4 heterocycles. The van der Waals surface area contributed by atoms with Crippen LogP contribution in [0.25, 0.3) is 44.3 Å². The number of carbonyl (C=O) groups is 1. The fourth-order valence-electron chi connectivity index (χ4n) is 4.09. The Balaban J connectivity index is 1.52. The van der Waals surface area contributed by atoms with Crippen LogP contribution in [-0.2, 0) is 4.79 Å². The van der Waals surface area contributed by atoms with E-state index in [4.69, 9.17) is 4.74 Å². The summed E-state index contributed by atoms with van der Waals surface area (Å²) in [4.78, 5) is 29.9. The lowest BCUT2D eigenvalue weighted by Crippen LogP contribution is -2.13. The molecule has 0 spiro atoms. The van der Waals surface area contributed by atoms with E-state index < -0.39 is 0 Å². The van der Waals surface area contributed by atoms with Crippen LogP contribution in [0, 0.1) is 0 Å². The minimum absolute atomic E-state index is 0.194. The number of nitrogens with zero attached hydrogens (tertiary/aromatic N) is 3. The number of likely N-dealkylation sites (N-methyl/N-ethyl adjacent to an activating group) is 1. The monoisotopic (exact) mass is 466 g/mol. The predicted octanol–water partition coefficient (Wildman–Crippen LogP) is 4.84. The van der Waals surface area contributed by atoms with Crippen molar-refractivity contribution in [1.82, 2.24) is 24.8 Å². The SMILES string of the molecule is COc1cc(NC(=O)C=CCN(C)C)cc(-c2cnc3[nH]cc(-c4ccnc5[nH]ccc45)c3c2)c1. The first-order chi connectivity index (χ1) is 17.0.